The Labute approximate surface area is 60.2 Å². The van der Waals surface area contributed by atoms with Gasteiger partial charge in [0, 0.05) is 4.21 Å². The molecule has 0 atom stereocenters. The molecule has 4 heteroatoms. The van der Waals surface area contributed by atoms with Gasteiger partial charge in [-0.25, -0.2) is 8.78 Å². The summed E-state index contributed by atoms with van der Waals surface area (Å²) in [4.78, 5) is -0.470. The Hall–Kier alpha value is -0.900. The first-order chi connectivity index (χ1) is 4.75. The molecule has 0 aliphatic carbocycles. The van der Waals surface area contributed by atoms with E-state index in [0.717, 1.165) is 12.1 Å². The topological polar surface area (TPSA) is 17.1 Å². The van der Waals surface area contributed by atoms with Crippen LogP contribution in [0.5, 0.6) is 0 Å². The van der Waals surface area contributed by atoms with Crippen LogP contribution in [0.2, 0.25) is 0 Å². The molecule has 1 aromatic rings. The molecule has 1 rings (SSSR count). The summed E-state index contributed by atoms with van der Waals surface area (Å²) in [6.07, 6.45) is 0. The molecule has 1 aromatic carbocycles. The van der Waals surface area contributed by atoms with E-state index in [1.165, 1.54) is 6.07 Å². The minimum Gasteiger partial charge on any atom is -0.200 e. The average Bonchev–Trinajstić information content (AvgIpc) is 1.88. The van der Waals surface area contributed by atoms with Crippen LogP contribution in [0, 0.1) is 11.6 Å². The fourth-order valence-corrected chi connectivity index (χ4v) is 0.857. The molecule has 0 spiro atoms. The SMILES string of the molecule is O=[S+]c1c(F)cccc1F. The molecule has 0 heterocycles. The summed E-state index contributed by atoms with van der Waals surface area (Å²) < 4.78 is 34.8. The Morgan fingerprint density at radius 1 is 1.20 bits per heavy atom. The van der Waals surface area contributed by atoms with Gasteiger partial charge in [-0.05, 0) is 12.1 Å². The Kier molecular flexibility index (Phi) is 2.01. The van der Waals surface area contributed by atoms with Crippen molar-refractivity contribution < 1.29 is 13.0 Å². The number of rotatable bonds is 1. The number of halogens is 2. The summed E-state index contributed by atoms with van der Waals surface area (Å²) in [5.41, 5.74) is 0. The summed E-state index contributed by atoms with van der Waals surface area (Å²) in [5.74, 6) is -1.61. The molecule has 0 fully saturated rings. The van der Waals surface area contributed by atoms with Crippen molar-refractivity contribution in [3.05, 3.63) is 29.8 Å². The van der Waals surface area contributed by atoms with Gasteiger partial charge in [0.2, 0.25) is 0 Å². The van der Waals surface area contributed by atoms with E-state index in [1.54, 1.807) is 0 Å². The van der Waals surface area contributed by atoms with Gasteiger partial charge in [0.05, 0.1) is 0 Å². The maximum Gasteiger partial charge on any atom is 0.511 e. The van der Waals surface area contributed by atoms with Crippen LogP contribution >= 0.6 is 0 Å². The van der Waals surface area contributed by atoms with E-state index in [-0.39, 0.29) is 11.7 Å². The summed E-state index contributed by atoms with van der Waals surface area (Å²) in [6, 6.07) is 3.30. The Morgan fingerprint density at radius 3 is 2.00 bits per heavy atom. The van der Waals surface area contributed by atoms with Gasteiger partial charge in [-0.3, -0.25) is 0 Å². The standard InChI is InChI=1S/C6H3F2OS/c7-4-2-1-3-5(8)6(4)10-9/h1-3H/q+1. The smallest absolute Gasteiger partial charge is 0.200 e. The Balaban J connectivity index is 3.30. The summed E-state index contributed by atoms with van der Waals surface area (Å²) in [7, 11) is 0. The molecule has 0 aliphatic heterocycles. The molecule has 52 valence electrons. The van der Waals surface area contributed by atoms with Gasteiger partial charge in [-0.2, -0.15) is 0 Å². The van der Waals surface area contributed by atoms with Crippen molar-refractivity contribution in [2.45, 2.75) is 4.90 Å². The van der Waals surface area contributed by atoms with E-state index in [4.69, 9.17) is 0 Å². The minimum absolute atomic E-state index is 0.178. The van der Waals surface area contributed by atoms with E-state index in [9.17, 15) is 13.0 Å². The van der Waals surface area contributed by atoms with Gasteiger partial charge in [0.25, 0.3) is 0 Å². The van der Waals surface area contributed by atoms with E-state index >= 15 is 0 Å². The third-order valence-corrected chi connectivity index (χ3v) is 1.56. The predicted molar refractivity (Wildman–Crippen MR) is 32.7 cm³/mol. The molecule has 0 N–H and O–H groups in total. The second kappa shape index (κ2) is 2.79. The summed E-state index contributed by atoms with van der Waals surface area (Å²) in [6.45, 7) is 0. The molecule has 0 aromatic heterocycles. The van der Waals surface area contributed by atoms with Crippen molar-refractivity contribution in [1.29, 1.82) is 0 Å². The lowest BCUT2D eigenvalue weighted by molar-refractivity contribution is 0.531. The zero-order valence-electron chi connectivity index (χ0n) is 4.80. The van der Waals surface area contributed by atoms with Crippen LogP contribution in [0.15, 0.2) is 23.1 Å². The van der Waals surface area contributed by atoms with Crippen LogP contribution in [0.4, 0.5) is 8.78 Å². The van der Waals surface area contributed by atoms with E-state index in [2.05, 4.69) is 0 Å². The third kappa shape index (κ3) is 1.16. The van der Waals surface area contributed by atoms with Crippen LogP contribution < -0.4 is 0 Å². The third-order valence-electron chi connectivity index (χ3n) is 1.00. The van der Waals surface area contributed by atoms with Gasteiger partial charge in [0.1, 0.15) is 0 Å². The lowest BCUT2D eigenvalue weighted by Crippen LogP contribution is -1.86. The number of hydrogen-bond donors (Lipinski definition) is 0. The molecule has 0 aliphatic rings. The number of benzene rings is 1. The molecule has 0 amide bonds. The molecule has 0 unspecified atom stereocenters. The van der Waals surface area contributed by atoms with Gasteiger partial charge < -0.3 is 0 Å². The van der Waals surface area contributed by atoms with Crippen molar-refractivity contribution in [1.82, 2.24) is 0 Å². The van der Waals surface area contributed by atoms with Crippen LogP contribution in [0.25, 0.3) is 0 Å². The lowest BCUT2D eigenvalue weighted by Gasteiger charge is -1.83. The summed E-state index contributed by atoms with van der Waals surface area (Å²) >= 11 is -0.178. The molecule has 0 bridgehead atoms. The van der Waals surface area contributed by atoms with E-state index in [0.29, 0.717) is 0 Å². The van der Waals surface area contributed by atoms with E-state index < -0.39 is 16.5 Å². The summed E-state index contributed by atoms with van der Waals surface area (Å²) in [5, 5.41) is 0. The molecule has 0 saturated heterocycles. The van der Waals surface area contributed by atoms with Crippen molar-refractivity contribution in [2.24, 2.45) is 0 Å². The lowest BCUT2D eigenvalue weighted by atomic mass is 10.3. The Morgan fingerprint density at radius 2 is 1.70 bits per heavy atom. The average molecular weight is 161 g/mol. The van der Waals surface area contributed by atoms with Crippen LogP contribution in [0.3, 0.4) is 0 Å². The monoisotopic (exact) mass is 161 g/mol. The van der Waals surface area contributed by atoms with Gasteiger partial charge in [0.15, 0.2) is 11.6 Å². The highest BCUT2D eigenvalue weighted by Gasteiger charge is 2.20. The Bertz CT molecular complexity index is 242. The van der Waals surface area contributed by atoms with Gasteiger partial charge in [-0.15, -0.1) is 0 Å². The van der Waals surface area contributed by atoms with Crippen molar-refractivity contribution in [3.63, 3.8) is 0 Å². The molecule has 10 heavy (non-hydrogen) atoms. The van der Waals surface area contributed by atoms with Crippen LogP contribution in [-0.4, -0.2) is 0 Å². The van der Waals surface area contributed by atoms with Crippen molar-refractivity contribution in [2.75, 3.05) is 0 Å². The zero-order chi connectivity index (χ0) is 7.56. The first-order valence-corrected chi connectivity index (χ1v) is 3.23. The maximum absolute atomic E-state index is 12.4. The van der Waals surface area contributed by atoms with Crippen LogP contribution in [-0.2, 0) is 15.9 Å². The number of hydrogen-bond acceptors (Lipinski definition) is 1. The first kappa shape index (κ1) is 7.21. The van der Waals surface area contributed by atoms with Gasteiger partial charge >= 0.3 is 16.6 Å². The molecule has 1 nitrogen and oxygen atoms in total. The highest BCUT2D eigenvalue weighted by atomic mass is 32.1. The fraction of sp³-hybridized carbons (Fsp3) is 0. The molecular weight excluding hydrogens is 158 g/mol. The first-order valence-electron chi connectivity index (χ1n) is 2.49. The van der Waals surface area contributed by atoms with Crippen LogP contribution in [0.1, 0.15) is 0 Å². The quantitative estimate of drug-likeness (QED) is 0.573. The largest absolute Gasteiger partial charge is 0.511 e. The van der Waals surface area contributed by atoms with Crippen molar-refractivity contribution in [3.8, 4) is 0 Å². The van der Waals surface area contributed by atoms with Crippen molar-refractivity contribution >= 4 is 11.7 Å². The highest BCUT2D eigenvalue weighted by molar-refractivity contribution is 7.65. The second-order valence-corrected chi connectivity index (χ2v) is 2.21. The second-order valence-electron chi connectivity index (χ2n) is 1.63. The molecule has 0 radical (unpaired) electrons. The van der Waals surface area contributed by atoms with Gasteiger partial charge in [-0.1, -0.05) is 6.07 Å². The zero-order valence-corrected chi connectivity index (χ0v) is 5.62. The van der Waals surface area contributed by atoms with E-state index in [1.807, 2.05) is 0 Å². The molecule has 0 saturated carbocycles. The normalized spacial score (nSPS) is 9.40. The minimum atomic E-state index is -0.806. The predicted octanol–water partition coefficient (Wildman–Crippen LogP) is 1.75. The maximum atomic E-state index is 12.4. The highest BCUT2D eigenvalue weighted by Crippen LogP contribution is 2.10. The molecular formula is C6H3F2OS+. The fourth-order valence-electron chi connectivity index (χ4n) is 0.562.